The molecule has 0 aliphatic carbocycles. The van der Waals surface area contributed by atoms with E-state index in [9.17, 15) is 4.79 Å². The summed E-state index contributed by atoms with van der Waals surface area (Å²) >= 11 is 0. The van der Waals surface area contributed by atoms with Crippen molar-refractivity contribution in [3.63, 3.8) is 0 Å². The first kappa shape index (κ1) is 23.7. The van der Waals surface area contributed by atoms with Gasteiger partial charge < -0.3 is 9.99 Å². The highest BCUT2D eigenvalue weighted by Gasteiger charge is 1.91. The van der Waals surface area contributed by atoms with Gasteiger partial charge in [-0.25, -0.2) is 10.1 Å². The Morgan fingerprint density at radius 2 is 1.38 bits per heavy atom. The van der Waals surface area contributed by atoms with E-state index in [4.69, 9.17) is 10.4 Å². The normalized spacial score (nSPS) is 13.2. The quantitative estimate of drug-likeness (QED) is 0.0889. The number of unbranched alkanes of at least 4 members (excludes halogenated alkanes) is 7. The lowest BCUT2D eigenvalue weighted by molar-refractivity contribution is -0.198. The van der Waals surface area contributed by atoms with Crippen LogP contribution in [0.1, 0.15) is 58.3 Å². The standard InChI is InChI=1S/C22H32O4/c1-2-3-4-5-6-7-9-12-15-18-21(26-25)19-16-13-10-8-11-14-17-20-22(23)24/h8,10-11,13-20,25H,2-7,9,12H2,1H3,(H,23,24). The van der Waals surface area contributed by atoms with Crippen LogP contribution in [0.5, 0.6) is 0 Å². The molecule has 0 heterocycles. The highest BCUT2D eigenvalue weighted by atomic mass is 17.1. The molecule has 0 aromatic carbocycles. The van der Waals surface area contributed by atoms with Crippen molar-refractivity contribution in [1.29, 1.82) is 0 Å². The Labute approximate surface area is 157 Å². The van der Waals surface area contributed by atoms with E-state index in [1.807, 2.05) is 6.08 Å². The lowest BCUT2D eigenvalue weighted by atomic mass is 10.1. The van der Waals surface area contributed by atoms with Gasteiger partial charge in [-0.15, -0.1) is 0 Å². The second-order valence-electron chi connectivity index (χ2n) is 5.82. The van der Waals surface area contributed by atoms with Gasteiger partial charge in [0.2, 0.25) is 0 Å². The van der Waals surface area contributed by atoms with Crippen molar-refractivity contribution in [1.82, 2.24) is 0 Å². The maximum absolute atomic E-state index is 10.2. The maximum atomic E-state index is 10.2. The van der Waals surface area contributed by atoms with Crippen LogP contribution in [0.15, 0.2) is 72.6 Å². The molecule has 0 saturated carbocycles. The van der Waals surface area contributed by atoms with E-state index < -0.39 is 5.97 Å². The zero-order valence-electron chi connectivity index (χ0n) is 15.7. The summed E-state index contributed by atoms with van der Waals surface area (Å²) in [5, 5.41) is 17.3. The minimum absolute atomic E-state index is 0.387. The van der Waals surface area contributed by atoms with Crippen LogP contribution >= 0.6 is 0 Å². The molecule has 0 fully saturated rings. The van der Waals surface area contributed by atoms with E-state index in [1.165, 1.54) is 44.6 Å². The summed E-state index contributed by atoms with van der Waals surface area (Å²) in [6, 6.07) is 0. The molecule has 0 unspecified atom stereocenters. The van der Waals surface area contributed by atoms with Gasteiger partial charge in [-0.1, -0.05) is 94.1 Å². The van der Waals surface area contributed by atoms with Gasteiger partial charge in [0, 0.05) is 6.08 Å². The number of rotatable bonds is 15. The predicted molar refractivity (Wildman–Crippen MR) is 108 cm³/mol. The van der Waals surface area contributed by atoms with Gasteiger partial charge in [-0.05, 0) is 25.0 Å². The smallest absolute Gasteiger partial charge is 0.328 e. The largest absolute Gasteiger partial charge is 0.478 e. The number of aliphatic carboxylic acids is 1. The van der Waals surface area contributed by atoms with E-state index in [2.05, 4.69) is 11.8 Å². The third kappa shape index (κ3) is 18.0. The van der Waals surface area contributed by atoms with Gasteiger partial charge in [0.25, 0.3) is 0 Å². The summed E-state index contributed by atoms with van der Waals surface area (Å²) in [6.45, 7) is 2.23. The topological polar surface area (TPSA) is 66.8 Å². The van der Waals surface area contributed by atoms with Gasteiger partial charge in [0.1, 0.15) is 0 Å². The second-order valence-corrected chi connectivity index (χ2v) is 5.82. The molecule has 0 aromatic rings. The number of allylic oxidation sites excluding steroid dienone is 10. The molecule has 2 N–H and O–H groups in total. The van der Waals surface area contributed by atoms with E-state index in [-0.39, 0.29) is 0 Å². The van der Waals surface area contributed by atoms with E-state index >= 15 is 0 Å². The number of hydrogen-bond acceptors (Lipinski definition) is 3. The Morgan fingerprint density at radius 1 is 0.808 bits per heavy atom. The van der Waals surface area contributed by atoms with E-state index in [1.54, 1.807) is 48.6 Å². The Bertz CT molecular complexity index is 522. The monoisotopic (exact) mass is 360 g/mol. The van der Waals surface area contributed by atoms with Crippen molar-refractivity contribution in [3.8, 4) is 0 Å². The summed E-state index contributed by atoms with van der Waals surface area (Å²) in [5.41, 5.74) is 0. The number of carbonyl (C=O) groups is 1. The molecule has 0 aromatic heterocycles. The van der Waals surface area contributed by atoms with Crippen molar-refractivity contribution in [2.45, 2.75) is 58.3 Å². The maximum Gasteiger partial charge on any atom is 0.328 e. The molecular weight excluding hydrogens is 328 g/mol. The van der Waals surface area contributed by atoms with Crippen LogP contribution in [0.3, 0.4) is 0 Å². The van der Waals surface area contributed by atoms with E-state index in [0.717, 1.165) is 18.9 Å². The number of carboxylic acids is 1. The summed E-state index contributed by atoms with van der Waals surface area (Å²) in [5.74, 6) is -0.585. The number of hydrogen-bond donors (Lipinski definition) is 2. The average molecular weight is 360 g/mol. The summed E-state index contributed by atoms with van der Waals surface area (Å²) in [7, 11) is 0. The van der Waals surface area contributed by atoms with Gasteiger partial charge in [0.15, 0.2) is 5.76 Å². The number of carboxylic acid groups (broad SMARTS) is 1. The van der Waals surface area contributed by atoms with Gasteiger partial charge >= 0.3 is 5.97 Å². The van der Waals surface area contributed by atoms with Crippen LogP contribution in [0.25, 0.3) is 0 Å². The first-order valence-corrected chi connectivity index (χ1v) is 9.30. The van der Waals surface area contributed by atoms with Crippen LogP contribution in [-0.2, 0) is 9.68 Å². The van der Waals surface area contributed by atoms with Crippen LogP contribution in [0.2, 0.25) is 0 Å². The van der Waals surface area contributed by atoms with Gasteiger partial charge in [0.05, 0.1) is 0 Å². The molecule has 0 rings (SSSR count). The van der Waals surface area contributed by atoms with Crippen LogP contribution < -0.4 is 0 Å². The minimum atomic E-state index is -0.972. The average Bonchev–Trinajstić information content (AvgIpc) is 2.63. The van der Waals surface area contributed by atoms with Crippen molar-refractivity contribution in [2.75, 3.05) is 0 Å². The zero-order chi connectivity index (χ0) is 19.3. The summed E-state index contributed by atoms with van der Waals surface area (Å²) in [4.78, 5) is 14.6. The zero-order valence-corrected chi connectivity index (χ0v) is 15.7. The summed E-state index contributed by atoms with van der Waals surface area (Å²) in [6.07, 6.45) is 28.4. The molecule has 0 saturated heterocycles. The Morgan fingerprint density at radius 3 is 2.00 bits per heavy atom. The molecule has 26 heavy (non-hydrogen) atoms. The lowest BCUT2D eigenvalue weighted by Gasteiger charge is -1.99. The lowest BCUT2D eigenvalue weighted by Crippen LogP contribution is -1.84. The molecule has 0 spiro atoms. The minimum Gasteiger partial charge on any atom is -0.478 e. The fourth-order valence-electron chi connectivity index (χ4n) is 2.14. The third-order valence-corrected chi connectivity index (χ3v) is 3.53. The van der Waals surface area contributed by atoms with Crippen LogP contribution in [-0.4, -0.2) is 16.3 Å². The Balaban J connectivity index is 3.98. The Hall–Kier alpha value is -2.33. The van der Waals surface area contributed by atoms with Crippen molar-refractivity contribution in [2.24, 2.45) is 0 Å². The van der Waals surface area contributed by atoms with Crippen molar-refractivity contribution in [3.05, 3.63) is 72.6 Å². The highest BCUT2D eigenvalue weighted by Crippen LogP contribution is 2.09. The van der Waals surface area contributed by atoms with Crippen LogP contribution in [0.4, 0.5) is 0 Å². The first-order valence-electron chi connectivity index (χ1n) is 9.30. The van der Waals surface area contributed by atoms with Crippen molar-refractivity contribution < 1.29 is 20.0 Å². The van der Waals surface area contributed by atoms with Gasteiger partial charge in [-0.2, -0.15) is 0 Å². The highest BCUT2D eigenvalue weighted by molar-refractivity contribution is 5.80. The van der Waals surface area contributed by atoms with E-state index in [0.29, 0.717) is 5.76 Å². The molecule has 144 valence electrons. The van der Waals surface area contributed by atoms with Crippen LogP contribution in [0, 0.1) is 0 Å². The summed E-state index contributed by atoms with van der Waals surface area (Å²) < 4.78 is 0. The molecule has 4 nitrogen and oxygen atoms in total. The van der Waals surface area contributed by atoms with Crippen molar-refractivity contribution >= 4 is 5.97 Å². The molecule has 0 bridgehead atoms. The molecule has 0 radical (unpaired) electrons. The molecule has 0 aliphatic heterocycles. The van der Waals surface area contributed by atoms with Gasteiger partial charge in [-0.3, -0.25) is 0 Å². The second kappa shape index (κ2) is 19.0. The molecule has 4 heteroatoms. The Kier molecular flexibility index (Phi) is 17.3. The fraction of sp³-hybridized carbons (Fsp3) is 0.409. The molecular formula is C22H32O4. The molecule has 0 atom stereocenters. The third-order valence-electron chi connectivity index (χ3n) is 3.53. The fourth-order valence-corrected chi connectivity index (χ4v) is 2.14. The first-order chi connectivity index (χ1) is 12.7. The SMILES string of the molecule is CCCCCCCCCC=CC(=CC=CC=CC=CC=CC(=O)O)OO. The molecule has 0 amide bonds. The molecule has 0 aliphatic rings. The predicted octanol–water partition coefficient (Wildman–Crippen LogP) is 6.37.